The van der Waals surface area contributed by atoms with E-state index in [9.17, 15) is 0 Å². The smallest absolute Gasteiger partial charge is 0.135 e. The average molecular weight is 311 g/mol. The van der Waals surface area contributed by atoms with Crippen LogP contribution in [0.2, 0.25) is 0 Å². The lowest BCUT2D eigenvalue weighted by atomic mass is 9.97. The van der Waals surface area contributed by atoms with Crippen LogP contribution in [0.3, 0.4) is 0 Å². The van der Waals surface area contributed by atoms with E-state index in [2.05, 4.69) is 35.7 Å². The van der Waals surface area contributed by atoms with E-state index >= 15 is 0 Å². The fraction of sp³-hybridized carbons (Fsp3) is 0.263. The Kier molecular flexibility index (Phi) is 4.19. The molecule has 0 saturated heterocycles. The molecular weight excluding hydrogens is 290 g/mol. The van der Waals surface area contributed by atoms with Gasteiger partial charge in [-0.15, -0.1) is 11.3 Å². The van der Waals surface area contributed by atoms with Crippen LogP contribution in [-0.4, -0.2) is 5.54 Å². The number of nitrogens with two attached hydrogens (primary N) is 1. The van der Waals surface area contributed by atoms with Crippen molar-refractivity contribution in [2.75, 3.05) is 0 Å². The van der Waals surface area contributed by atoms with Gasteiger partial charge in [0.2, 0.25) is 0 Å². The number of hydrogen-bond acceptors (Lipinski definition) is 3. The number of ether oxygens (including phenoxy) is 1. The predicted octanol–water partition coefficient (Wildman–Crippen LogP) is 5.15. The van der Waals surface area contributed by atoms with Gasteiger partial charge >= 0.3 is 0 Å². The number of rotatable bonds is 5. The maximum absolute atomic E-state index is 6.38. The zero-order valence-electron chi connectivity index (χ0n) is 13.0. The first-order chi connectivity index (χ1) is 10.5. The van der Waals surface area contributed by atoms with Crippen LogP contribution in [-0.2, 0) is 0 Å². The molecule has 3 aromatic rings. The van der Waals surface area contributed by atoms with Gasteiger partial charge in [-0.2, -0.15) is 0 Å². The summed E-state index contributed by atoms with van der Waals surface area (Å²) in [5.74, 6) is 0.917. The van der Waals surface area contributed by atoms with Crippen molar-refractivity contribution >= 4 is 22.1 Å². The normalized spacial score (nSPS) is 13.2. The Labute approximate surface area is 135 Å². The molecule has 0 fully saturated rings. The first-order valence-electron chi connectivity index (χ1n) is 7.50. The topological polar surface area (TPSA) is 35.2 Å². The van der Waals surface area contributed by atoms with Crippen LogP contribution < -0.4 is 10.5 Å². The molecule has 0 bridgehead atoms. The lowest BCUT2D eigenvalue weighted by molar-refractivity contribution is 0.173. The largest absolute Gasteiger partial charge is 0.484 e. The molecule has 2 nitrogen and oxygen atoms in total. The van der Waals surface area contributed by atoms with Crippen LogP contribution in [0.1, 0.15) is 31.2 Å². The van der Waals surface area contributed by atoms with Crippen LogP contribution >= 0.6 is 11.3 Å². The Morgan fingerprint density at radius 2 is 1.82 bits per heavy atom. The molecule has 3 heteroatoms. The quantitative estimate of drug-likeness (QED) is 0.707. The van der Waals surface area contributed by atoms with Gasteiger partial charge in [-0.1, -0.05) is 42.5 Å². The highest BCUT2D eigenvalue weighted by molar-refractivity contribution is 7.10. The molecular formula is C19H21NOS. The van der Waals surface area contributed by atoms with Crippen molar-refractivity contribution < 1.29 is 4.74 Å². The molecule has 0 unspecified atom stereocenters. The summed E-state index contributed by atoms with van der Waals surface area (Å²) in [5, 5.41) is 4.41. The van der Waals surface area contributed by atoms with E-state index in [-0.39, 0.29) is 11.6 Å². The zero-order valence-corrected chi connectivity index (χ0v) is 13.8. The highest BCUT2D eigenvalue weighted by Crippen LogP contribution is 2.34. The van der Waals surface area contributed by atoms with Crippen molar-refractivity contribution in [1.29, 1.82) is 0 Å². The Balaban J connectivity index is 1.95. The van der Waals surface area contributed by atoms with Crippen LogP contribution in [0.25, 0.3) is 10.8 Å². The second-order valence-electron chi connectivity index (χ2n) is 6.29. The summed E-state index contributed by atoms with van der Waals surface area (Å²) < 4.78 is 6.38. The minimum atomic E-state index is -0.279. The van der Waals surface area contributed by atoms with Gasteiger partial charge < -0.3 is 10.5 Å². The lowest BCUT2D eigenvalue weighted by Crippen LogP contribution is -2.35. The van der Waals surface area contributed by atoms with Crippen molar-refractivity contribution in [1.82, 2.24) is 0 Å². The summed E-state index contributed by atoms with van der Waals surface area (Å²) >= 11 is 1.72. The van der Waals surface area contributed by atoms with Gasteiger partial charge in [-0.05, 0) is 36.7 Å². The second-order valence-corrected chi connectivity index (χ2v) is 7.27. The minimum absolute atomic E-state index is 0.0224. The first kappa shape index (κ1) is 15.1. The Morgan fingerprint density at radius 3 is 2.55 bits per heavy atom. The Morgan fingerprint density at radius 1 is 1.05 bits per heavy atom. The zero-order chi connectivity index (χ0) is 15.6. The summed E-state index contributed by atoms with van der Waals surface area (Å²) in [6, 6.07) is 18.7. The van der Waals surface area contributed by atoms with E-state index in [1.54, 1.807) is 11.3 Å². The number of fused-ring (bicyclic) bond motifs is 1. The second kappa shape index (κ2) is 6.11. The van der Waals surface area contributed by atoms with Crippen LogP contribution in [0.4, 0.5) is 0 Å². The molecule has 114 valence electrons. The van der Waals surface area contributed by atoms with E-state index < -0.39 is 0 Å². The average Bonchev–Trinajstić information content (AvgIpc) is 3.00. The molecule has 0 amide bonds. The Bertz CT molecular complexity index is 738. The molecule has 2 N–H and O–H groups in total. The van der Waals surface area contributed by atoms with Crippen molar-refractivity contribution in [3.63, 3.8) is 0 Å². The summed E-state index contributed by atoms with van der Waals surface area (Å²) in [6.45, 7) is 4.08. The third-order valence-corrected chi connectivity index (χ3v) is 4.56. The molecule has 0 radical (unpaired) electrons. The third kappa shape index (κ3) is 3.49. The van der Waals surface area contributed by atoms with Gasteiger partial charge in [-0.3, -0.25) is 0 Å². The molecule has 3 rings (SSSR count). The maximum Gasteiger partial charge on any atom is 0.135 e. The van der Waals surface area contributed by atoms with Crippen molar-refractivity contribution in [3.8, 4) is 5.75 Å². The SMILES string of the molecule is CC(C)(N)C[C@@H](Oc1cccc2ccccc12)c1cccs1. The van der Waals surface area contributed by atoms with Gasteiger partial charge in [0.15, 0.2) is 0 Å². The predicted molar refractivity (Wildman–Crippen MR) is 94.5 cm³/mol. The molecule has 0 aliphatic heterocycles. The molecule has 2 aromatic carbocycles. The molecule has 1 heterocycles. The van der Waals surface area contributed by atoms with Crippen molar-refractivity contribution in [3.05, 3.63) is 64.9 Å². The fourth-order valence-corrected chi connectivity index (χ4v) is 3.36. The molecule has 1 atom stereocenters. The van der Waals surface area contributed by atoms with Gasteiger partial charge in [0.1, 0.15) is 11.9 Å². The van der Waals surface area contributed by atoms with Crippen LogP contribution in [0.5, 0.6) is 5.75 Å². The summed E-state index contributed by atoms with van der Waals surface area (Å²) in [6.07, 6.45) is 0.752. The molecule has 0 aliphatic carbocycles. The maximum atomic E-state index is 6.38. The van der Waals surface area contributed by atoms with Crippen molar-refractivity contribution in [2.45, 2.75) is 31.9 Å². The van der Waals surface area contributed by atoms with E-state index in [1.807, 2.05) is 38.1 Å². The van der Waals surface area contributed by atoms with Crippen LogP contribution in [0, 0.1) is 0 Å². The van der Waals surface area contributed by atoms with E-state index in [1.165, 1.54) is 10.3 Å². The summed E-state index contributed by atoms with van der Waals surface area (Å²) in [7, 11) is 0. The standard InChI is InChI=1S/C19H21NOS/c1-19(2,20)13-17(18-11-6-12-22-18)21-16-10-5-8-14-7-3-4-9-15(14)16/h3-12,17H,13,20H2,1-2H3/t17-/m1/s1. The van der Waals surface area contributed by atoms with Crippen molar-refractivity contribution in [2.24, 2.45) is 5.73 Å². The number of thiophene rings is 1. The molecule has 0 saturated carbocycles. The van der Waals surface area contributed by atoms with E-state index in [0.29, 0.717) is 0 Å². The summed E-state index contributed by atoms with van der Waals surface area (Å²) in [5.41, 5.74) is 5.95. The molecule has 22 heavy (non-hydrogen) atoms. The third-order valence-electron chi connectivity index (χ3n) is 3.59. The summed E-state index contributed by atoms with van der Waals surface area (Å²) in [4.78, 5) is 1.21. The van der Waals surface area contributed by atoms with E-state index in [0.717, 1.165) is 17.6 Å². The number of hydrogen-bond donors (Lipinski definition) is 1. The molecule has 0 aliphatic rings. The van der Waals surface area contributed by atoms with E-state index in [4.69, 9.17) is 10.5 Å². The minimum Gasteiger partial charge on any atom is -0.484 e. The lowest BCUT2D eigenvalue weighted by Gasteiger charge is -2.26. The van der Waals surface area contributed by atoms with Gasteiger partial charge in [0.05, 0.1) is 0 Å². The fourth-order valence-electron chi connectivity index (χ4n) is 2.60. The monoisotopic (exact) mass is 311 g/mol. The first-order valence-corrected chi connectivity index (χ1v) is 8.38. The molecule has 0 spiro atoms. The Hall–Kier alpha value is -1.84. The van der Waals surface area contributed by atoms with Gasteiger partial charge in [0, 0.05) is 22.2 Å². The van der Waals surface area contributed by atoms with Crippen LogP contribution in [0.15, 0.2) is 60.0 Å². The van der Waals surface area contributed by atoms with Gasteiger partial charge in [0.25, 0.3) is 0 Å². The highest BCUT2D eigenvalue weighted by atomic mass is 32.1. The molecule has 1 aromatic heterocycles. The van der Waals surface area contributed by atoms with Gasteiger partial charge in [-0.25, -0.2) is 0 Å². The number of benzene rings is 2. The highest BCUT2D eigenvalue weighted by Gasteiger charge is 2.23.